The molecule has 0 aromatic rings. The first-order valence-electron chi connectivity index (χ1n) is 35.6. The van der Waals surface area contributed by atoms with E-state index < -0.39 is 20.0 Å². The number of quaternary nitrogens is 1. The lowest BCUT2D eigenvalue weighted by Gasteiger charge is -2.30. The number of hydrogen-bond donors (Lipinski definition) is 1. The van der Waals surface area contributed by atoms with Crippen molar-refractivity contribution in [1.29, 1.82) is 0 Å². The Kier molecular flexibility index (Phi) is 61.0. The molecular weight excluding hydrogens is 1050 g/mol. The number of phosphoric ester groups is 1. The molecule has 10 heteroatoms. The van der Waals surface area contributed by atoms with Crippen molar-refractivity contribution < 1.29 is 37.3 Å². The molecule has 0 spiro atoms. The Morgan fingerprint density at radius 1 is 0.422 bits per heavy atom. The summed E-state index contributed by atoms with van der Waals surface area (Å²) in [6, 6.07) is -0.891. The summed E-state index contributed by atoms with van der Waals surface area (Å²) in [7, 11) is 1.19. The number of esters is 1. The minimum atomic E-state index is -4.71. The van der Waals surface area contributed by atoms with Crippen LogP contribution < -0.4 is 10.2 Å². The van der Waals surface area contributed by atoms with E-state index in [0.29, 0.717) is 17.4 Å². The Balaban J connectivity index is 5.10. The van der Waals surface area contributed by atoms with E-state index in [1.165, 1.54) is 238 Å². The maximum atomic E-state index is 13.6. The maximum Gasteiger partial charge on any atom is 0.306 e. The number of phosphoric acid groups is 1. The fraction of sp³-hybridized carbons (Fsp3) is 0.836. The molecule has 9 nitrogen and oxygen atoms in total. The largest absolute Gasteiger partial charge is 0.756 e. The number of rotatable bonds is 65. The van der Waals surface area contributed by atoms with Gasteiger partial charge in [-0.2, -0.15) is 0 Å². The Hall–Kier alpha value is -2.29. The zero-order valence-corrected chi connectivity index (χ0v) is 56.6. The summed E-state index contributed by atoms with van der Waals surface area (Å²) in [5.41, 5.74) is 0. The molecule has 0 aromatic carbocycles. The van der Waals surface area contributed by atoms with Gasteiger partial charge in [-0.05, 0) is 96.0 Å². The third-order valence-corrected chi connectivity index (χ3v) is 16.9. The average molecular weight is 1190 g/mol. The molecule has 0 aliphatic rings. The Labute approximate surface area is 515 Å². The summed E-state index contributed by atoms with van der Waals surface area (Å²) in [6.45, 7) is 6.84. The number of allylic oxidation sites excluding steroid dienone is 9. The van der Waals surface area contributed by atoms with Crippen LogP contribution >= 0.6 is 7.82 Å². The number of ether oxygens (including phenoxy) is 1. The molecule has 3 unspecified atom stereocenters. The van der Waals surface area contributed by atoms with E-state index in [4.69, 9.17) is 13.8 Å². The summed E-state index contributed by atoms with van der Waals surface area (Å²) in [6.07, 6.45) is 80.5. The standard InChI is InChI=1S/C73H137N2O7P/c1-7-10-13-16-19-22-25-28-30-32-34-36-37-39-40-42-44-47-50-53-56-59-62-65-72(76)74-70(69-81-83(78,79)80-68-67-75(4,5)6)71(64-61-58-55-52-49-46-27-24-21-18-15-12-9-3)82-73(77)66-63-60-57-54-51-48-45-43-41-38-35-33-31-29-26-23-20-17-14-11-8-2/h19-20,22-23,28-31,61,64,70-71H,7-18,21,24-27,32-60,62-63,65-69H2,1-6H3,(H-,74,76,78,79)/b22-19-,23-20-,30-28-,31-29-,64-61+. The highest BCUT2D eigenvalue weighted by Crippen LogP contribution is 2.38. The van der Waals surface area contributed by atoms with E-state index in [2.05, 4.69) is 74.7 Å². The van der Waals surface area contributed by atoms with Crippen molar-refractivity contribution in [3.8, 4) is 0 Å². The van der Waals surface area contributed by atoms with Gasteiger partial charge in [-0.1, -0.05) is 294 Å². The van der Waals surface area contributed by atoms with Crippen LogP contribution in [-0.4, -0.2) is 69.4 Å². The second kappa shape index (κ2) is 62.8. The zero-order valence-electron chi connectivity index (χ0n) is 55.7. The minimum Gasteiger partial charge on any atom is -0.756 e. The van der Waals surface area contributed by atoms with Gasteiger partial charge in [-0.15, -0.1) is 0 Å². The predicted molar refractivity (Wildman–Crippen MR) is 358 cm³/mol. The van der Waals surface area contributed by atoms with Crippen LogP contribution in [0, 0.1) is 0 Å². The van der Waals surface area contributed by atoms with Gasteiger partial charge in [0.25, 0.3) is 7.82 Å². The van der Waals surface area contributed by atoms with Gasteiger partial charge in [-0.3, -0.25) is 14.2 Å². The van der Waals surface area contributed by atoms with Gasteiger partial charge >= 0.3 is 5.97 Å². The zero-order chi connectivity index (χ0) is 60.7. The first-order valence-corrected chi connectivity index (χ1v) is 37.1. The minimum absolute atomic E-state index is 0.0225. The lowest BCUT2D eigenvalue weighted by molar-refractivity contribution is -0.870. The lowest BCUT2D eigenvalue weighted by Crippen LogP contribution is -2.47. The highest BCUT2D eigenvalue weighted by Gasteiger charge is 2.27. The normalized spacial score (nSPS) is 13.9. The Bertz CT molecular complexity index is 1600. The van der Waals surface area contributed by atoms with Crippen molar-refractivity contribution in [3.05, 3.63) is 60.8 Å². The summed E-state index contributed by atoms with van der Waals surface area (Å²) < 4.78 is 30.5. The third-order valence-electron chi connectivity index (χ3n) is 15.9. The molecule has 3 atom stereocenters. The molecular formula is C73H137N2O7P. The van der Waals surface area contributed by atoms with Gasteiger partial charge in [0, 0.05) is 12.8 Å². The van der Waals surface area contributed by atoms with Crippen LogP contribution in [0.3, 0.4) is 0 Å². The Morgan fingerprint density at radius 2 is 0.735 bits per heavy atom. The molecule has 0 radical (unpaired) electrons. The van der Waals surface area contributed by atoms with Gasteiger partial charge in [0.2, 0.25) is 5.91 Å². The van der Waals surface area contributed by atoms with E-state index >= 15 is 0 Å². The highest BCUT2D eigenvalue weighted by molar-refractivity contribution is 7.45. The van der Waals surface area contributed by atoms with E-state index in [9.17, 15) is 19.0 Å². The van der Waals surface area contributed by atoms with Crippen molar-refractivity contribution in [1.82, 2.24) is 5.32 Å². The molecule has 0 rings (SSSR count). The fourth-order valence-electron chi connectivity index (χ4n) is 10.4. The van der Waals surface area contributed by atoms with E-state index in [1.54, 1.807) is 0 Å². The molecule has 0 heterocycles. The second-order valence-corrected chi connectivity index (χ2v) is 26.8. The van der Waals surface area contributed by atoms with Gasteiger partial charge in [0.05, 0.1) is 33.8 Å². The number of carbonyl (C=O) groups is 2. The van der Waals surface area contributed by atoms with Crippen molar-refractivity contribution in [2.45, 2.75) is 354 Å². The summed E-state index contributed by atoms with van der Waals surface area (Å²) in [4.78, 5) is 40.2. The van der Waals surface area contributed by atoms with Crippen LogP contribution in [0.25, 0.3) is 0 Å². The number of carbonyl (C=O) groups excluding carboxylic acids is 2. The first-order chi connectivity index (χ1) is 40.4. The van der Waals surface area contributed by atoms with Crippen molar-refractivity contribution in [2.75, 3.05) is 40.9 Å². The number of nitrogens with one attached hydrogen (secondary N) is 1. The number of hydrogen-bond acceptors (Lipinski definition) is 7. The van der Waals surface area contributed by atoms with Gasteiger partial charge in [0.15, 0.2) is 0 Å². The molecule has 83 heavy (non-hydrogen) atoms. The first kappa shape index (κ1) is 80.7. The van der Waals surface area contributed by atoms with Gasteiger partial charge in [0.1, 0.15) is 19.3 Å². The van der Waals surface area contributed by atoms with Gasteiger partial charge < -0.3 is 28.5 Å². The van der Waals surface area contributed by atoms with Crippen LogP contribution in [0.1, 0.15) is 342 Å². The predicted octanol–water partition coefficient (Wildman–Crippen LogP) is 21.9. The summed E-state index contributed by atoms with van der Waals surface area (Å²) >= 11 is 0. The number of likely N-dealkylation sites (N-methyl/N-ethyl adjacent to an activating group) is 1. The van der Waals surface area contributed by atoms with Gasteiger partial charge in [-0.25, -0.2) is 0 Å². The molecule has 0 saturated carbocycles. The lowest BCUT2D eigenvalue weighted by atomic mass is 10.0. The highest BCUT2D eigenvalue weighted by atomic mass is 31.2. The van der Waals surface area contributed by atoms with Crippen molar-refractivity contribution in [2.24, 2.45) is 0 Å². The number of unbranched alkanes of at least 4 members (excludes halogenated alkanes) is 41. The van der Waals surface area contributed by atoms with E-state index in [1.807, 2.05) is 33.3 Å². The molecule has 1 amide bonds. The smallest absolute Gasteiger partial charge is 0.306 e. The molecule has 1 N–H and O–H groups in total. The molecule has 486 valence electrons. The average Bonchev–Trinajstić information content (AvgIpc) is 3.46. The molecule has 0 aliphatic heterocycles. The second-order valence-electron chi connectivity index (χ2n) is 25.4. The molecule has 0 saturated heterocycles. The SMILES string of the molecule is CCCCC/C=C\C/C=C\CCCCCCCCCCCCCCCC(=O)NC(COP(=O)([O-])OCC[N+](C)(C)C)C(/C=C/CCCCCCCCCCCCC)OC(=O)CCCCCCCCCCCCC/C=C\C/C=C\CCCCC. The number of amides is 1. The van der Waals surface area contributed by atoms with E-state index in [0.717, 1.165) is 70.6 Å². The summed E-state index contributed by atoms with van der Waals surface area (Å²) in [5, 5.41) is 3.05. The topological polar surface area (TPSA) is 114 Å². The van der Waals surface area contributed by atoms with Crippen LogP contribution in [0.4, 0.5) is 0 Å². The quantitative estimate of drug-likeness (QED) is 0.0212. The monoisotopic (exact) mass is 1190 g/mol. The van der Waals surface area contributed by atoms with Crippen LogP contribution in [0.15, 0.2) is 60.8 Å². The van der Waals surface area contributed by atoms with Crippen molar-refractivity contribution >= 4 is 19.7 Å². The maximum absolute atomic E-state index is 13.6. The van der Waals surface area contributed by atoms with E-state index in [-0.39, 0.29) is 31.5 Å². The number of nitrogens with zero attached hydrogens (tertiary/aromatic N) is 1. The molecule has 0 aliphatic carbocycles. The fourth-order valence-corrected chi connectivity index (χ4v) is 11.1. The van der Waals surface area contributed by atoms with Crippen molar-refractivity contribution in [3.63, 3.8) is 0 Å². The Morgan fingerprint density at radius 3 is 1.11 bits per heavy atom. The molecule has 0 aromatic heterocycles. The molecule has 0 fully saturated rings. The third kappa shape index (κ3) is 64.0. The summed E-state index contributed by atoms with van der Waals surface area (Å²) in [5.74, 6) is -0.531. The molecule has 0 bridgehead atoms. The van der Waals surface area contributed by atoms with Crippen LogP contribution in [0.5, 0.6) is 0 Å². The van der Waals surface area contributed by atoms with Crippen LogP contribution in [-0.2, 0) is 27.9 Å². The van der Waals surface area contributed by atoms with Crippen LogP contribution in [0.2, 0.25) is 0 Å².